The Morgan fingerprint density at radius 3 is 2.52 bits per heavy atom. The Bertz CT molecular complexity index is 605. The SMILES string of the molecule is CC(=O)N1CCCc2sc(C(=O)N3CCC(N(C)C)CC3)nc21. The van der Waals surface area contributed by atoms with Gasteiger partial charge < -0.3 is 9.80 Å². The van der Waals surface area contributed by atoms with Crippen molar-refractivity contribution in [1.29, 1.82) is 0 Å². The number of fused-ring (bicyclic) bond motifs is 1. The summed E-state index contributed by atoms with van der Waals surface area (Å²) in [7, 11) is 4.18. The Kier molecular flexibility index (Phi) is 4.68. The Balaban J connectivity index is 1.73. The first kappa shape index (κ1) is 16.4. The van der Waals surface area contributed by atoms with E-state index in [0.717, 1.165) is 43.6 Å². The van der Waals surface area contributed by atoms with Crippen molar-refractivity contribution in [2.24, 2.45) is 0 Å². The Hall–Kier alpha value is -1.47. The molecule has 126 valence electrons. The first-order valence-electron chi connectivity index (χ1n) is 8.21. The van der Waals surface area contributed by atoms with Gasteiger partial charge in [-0.1, -0.05) is 0 Å². The van der Waals surface area contributed by atoms with Crippen LogP contribution >= 0.6 is 11.3 Å². The molecule has 1 aromatic heterocycles. The molecule has 0 atom stereocenters. The molecule has 1 saturated heterocycles. The summed E-state index contributed by atoms with van der Waals surface area (Å²) >= 11 is 1.46. The van der Waals surface area contributed by atoms with Crippen LogP contribution < -0.4 is 4.90 Å². The van der Waals surface area contributed by atoms with Crippen LogP contribution in [-0.4, -0.2) is 66.4 Å². The maximum atomic E-state index is 12.7. The predicted octanol–water partition coefficient (Wildman–Crippen LogP) is 1.61. The number of anilines is 1. The summed E-state index contributed by atoms with van der Waals surface area (Å²) in [6, 6.07) is 0.553. The molecule has 2 aliphatic rings. The number of rotatable bonds is 2. The van der Waals surface area contributed by atoms with E-state index in [-0.39, 0.29) is 11.8 Å². The van der Waals surface area contributed by atoms with Crippen LogP contribution in [0.15, 0.2) is 0 Å². The average molecular weight is 336 g/mol. The van der Waals surface area contributed by atoms with Crippen molar-refractivity contribution in [3.8, 4) is 0 Å². The van der Waals surface area contributed by atoms with Gasteiger partial charge in [0, 0.05) is 37.5 Å². The van der Waals surface area contributed by atoms with E-state index in [1.165, 1.54) is 11.3 Å². The second kappa shape index (κ2) is 6.57. The zero-order valence-corrected chi connectivity index (χ0v) is 14.9. The number of thiazole rings is 1. The van der Waals surface area contributed by atoms with E-state index in [0.29, 0.717) is 23.4 Å². The lowest BCUT2D eigenvalue weighted by molar-refractivity contribution is -0.116. The number of likely N-dealkylation sites (tertiary alicyclic amines) is 1. The first-order chi connectivity index (χ1) is 11.0. The zero-order valence-electron chi connectivity index (χ0n) is 14.0. The van der Waals surface area contributed by atoms with Crippen molar-refractivity contribution < 1.29 is 9.59 Å². The van der Waals surface area contributed by atoms with Crippen LogP contribution in [0.3, 0.4) is 0 Å². The quantitative estimate of drug-likeness (QED) is 0.823. The average Bonchev–Trinajstić information content (AvgIpc) is 2.97. The highest BCUT2D eigenvalue weighted by Gasteiger charge is 2.30. The largest absolute Gasteiger partial charge is 0.336 e. The van der Waals surface area contributed by atoms with E-state index in [2.05, 4.69) is 24.0 Å². The van der Waals surface area contributed by atoms with Gasteiger partial charge in [0.15, 0.2) is 5.01 Å². The molecule has 1 fully saturated rings. The fourth-order valence-electron chi connectivity index (χ4n) is 3.34. The van der Waals surface area contributed by atoms with Gasteiger partial charge in [0.1, 0.15) is 5.82 Å². The summed E-state index contributed by atoms with van der Waals surface area (Å²) in [5.41, 5.74) is 0. The number of aromatic nitrogens is 1. The second-order valence-electron chi connectivity index (χ2n) is 6.53. The third-order valence-electron chi connectivity index (χ3n) is 4.76. The minimum Gasteiger partial charge on any atom is -0.336 e. The molecule has 7 heteroatoms. The maximum absolute atomic E-state index is 12.7. The van der Waals surface area contributed by atoms with Crippen molar-refractivity contribution in [3.63, 3.8) is 0 Å². The van der Waals surface area contributed by atoms with Crippen LogP contribution in [0.2, 0.25) is 0 Å². The molecule has 2 aliphatic heterocycles. The van der Waals surface area contributed by atoms with Gasteiger partial charge in [0.25, 0.3) is 5.91 Å². The van der Waals surface area contributed by atoms with Gasteiger partial charge in [0.05, 0.1) is 0 Å². The van der Waals surface area contributed by atoms with E-state index in [9.17, 15) is 9.59 Å². The molecular weight excluding hydrogens is 312 g/mol. The van der Waals surface area contributed by atoms with Gasteiger partial charge in [-0.25, -0.2) is 4.98 Å². The molecule has 0 unspecified atom stereocenters. The van der Waals surface area contributed by atoms with Gasteiger partial charge in [-0.3, -0.25) is 14.5 Å². The van der Waals surface area contributed by atoms with E-state index >= 15 is 0 Å². The highest BCUT2D eigenvalue weighted by atomic mass is 32.1. The van der Waals surface area contributed by atoms with Crippen LogP contribution in [-0.2, 0) is 11.2 Å². The lowest BCUT2D eigenvalue weighted by atomic mass is 10.0. The zero-order chi connectivity index (χ0) is 16.6. The van der Waals surface area contributed by atoms with Crippen LogP contribution in [0.5, 0.6) is 0 Å². The fourth-order valence-corrected chi connectivity index (χ4v) is 4.42. The van der Waals surface area contributed by atoms with E-state index in [1.54, 1.807) is 11.8 Å². The molecule has 6 nitrogen and oxygen atoms in total. The molecule has 0 radical (unpaired) electrons. The monoisotopic (exact) mass is 336 g/mol. The molecule has 0 saturated carbocycles. The van der Waals surface area contributed by atoms with Gasteiger partial charge >= 0.3 is 0 Å². The topological polar surface area (TPSA) is 56.8 Å². The number of carbonyl (C=O) groups excluding carboxylic acids is 2. The molecule has 3 heterocycles. The number of piperidine rings is 1. The van der Waals surface area contributed by atoms with Crippen molar-refractivity contribution >= 4 is 29.0 Å². The van der Waals surface area contributed by atoms with Crippen LogP contribution in [0.1, 0.15) is 40.9 Å². The van der Waals surface area contributed by atoms with Crippen molar-refractivity contribution in [2.75, 3.05) is 38.6 Å². The van der Waals surface area contributed by atoms with Crippen LogP contribution in [0.4, 0.5) is 5.82 Å². The number of hydrogen-bond donors (Lipinski definition) is 0. The minimum atomic E-state index is 0.00189. The second-order valence-corrected chi connectivity index (χ2v) is 7.61. The van der Waals surface area contributed by atoms with Crippen molar-refractivity contribution in [3.05, 3.63) is 9.88 Å². The molecule has 0 spiro atoms. The van der Waals surface area contributed by atoms with E-state index in [1.807, 2.05) is 4.90 Å². The summed E-state index contributed by atoms with van der Waals surface area (Å²) in [5.74, 6) is 0.729. The number of hydrogen-bond acceptors (Lipinski definition) is 5. The Morgan fingerprint density at radius 1 is 1.22 bits per heavy atom. The normalized spacial score (nSPS) is 19.1. The van der Waals surface area contributed by atoms with Crippen LogP contribution in [0, 0.1) is 0 Å². The number of carbonyl (C=O) groups is 2. The standard InChI is InChI=1S/C16H24N4O2S/c1-11(21)20-8-4-5-13-14(20)17-15(23-13)16(22)19-9-6-12(7-10-19)18(2)3/h12H,4-10H2,1-3H3. The van der Waals surface area contributed by atoms with Gasteiger partial charge in [-0.2, -0.15) is 0 Å². The summed E-state index contributed by atoms with van der Waals surface area (Å²) < 4.78 is 0. The fraction of sp³-hybridized carbons (Fsp3) is 0.688. The first-order valence-corrected chi connectivity index (χ1v) is 9.02. The molecular formula is C16H24N4O2S. The number of aryl methyl sites for hydroxylation is 1. The lowest BCUT2D eigenvalue weighted by Gasteiger charge is -2.34. The maximum Gasteiger partial charge on any atom is 0.282 e. The third-order valence-corrected chi connectivity index (χ3v) is 5.86. The van der Waals surface area contributed by atoms with Crippen molar-refractivity contribution in [2.45, 2.75) is 38.6 Å². The molecule has 3 rings (SSSR count). The molecule has 0 aliphatic carbocycles. The summed E-state index contributed by atoms with van der Waals surface area (Å²) in [4.78, 5) is 35.9. The highest BCUT2D eigenvalue weighted by Crippen LogP contribution is 2.32. The highest BCUT2D eigenvalue weighted by molar-refractivity contribution is 7.14. The van der Waals surface area contributed by atoms with Gasteiger partial charge in [0.2, 0.25) is 5.91 Å². The van der Waals surface area contributed by atoms with E-state index < -0.39 is 0 Å². The molecule has 1 aromatic rings. The predicted molar refractivity (Wildman–Crippen MR) is 91.1 cm³/mol. The number of nitrogens with zero attached hydrogens (tertiary/aromatic N) is 4. The smallest absolute Gasteiger partial charge is 0.282 e. The Morgan fingerprint density at radius 2 is 1.91 bits per heavy atom. The van der Waals surface area contributed by atoms with E-state index in [4.69, 9.17) is 0 Å². The third kappa shape index (κ3) is 3.26. The summed E-state index contributed by atoms with van der Waals surface area (Å²) in [6.07, 6.45) is 3.86. The molecule has 2 amide bonds. The lowest BCUT2D eigenvalue weighted by Crippen LogP contribution is -2.44. The molecule has 0 N–H and O–H groups in total. The minimum absolute atomic E-state index is 0.00189. The molecule has 0 aromatic carbocycles. The number of amides is 2. The van der Waals surface area contributed by atoms with Gasteiger partial charge in [-0.15, -0.1) is 11.3 Å². The molecule has 23 heavy (non-hydrogen) atoms. The van der Waals surface area contributed by atoms with Crippen molar-refractivity contribution in [1.82, 2.24) is 14.8 Å². The Labute approximate surface area is 141 Å². The molecule has 0 bridgehead atoms. The van der Waals surface area contributed by atoms with Crippen LogP contribution in [0.25, 0.3) is 0 Å². The summed E-state index contributed by atoms with van der Waals surface area (Å²) in [6.45, 7) is 3.82. The van der Waals surface area contributed by atoms with Gasteiger partial charge in [-0.05, 0) is 39.8 Å². The summed E-state index contributed by atoms with van der Waals surface area (Å²) in [5, 5.41) is 0.534.